The number of nitriles is 1. The van der Waals surface area contributed by atoms with Crippen molar-refractivity contribution < 1.29 is 23.0 Å². The Morgan fingerprint density at radius 1 is 1.36 bits per heavy atom. The summed E-state index contributed by atoms with van der Waals surface area (Å²) in [6.07, 6.45) is 1.34. The summed E-state index contributed by atoms with van der Waals surface area (Å²) in [4.78, 5) is 11.8. The van der Waals surface area contributed by atoms with Gasteiger partial charge in [0.15, 0.2) is 11.5 Å². The standard InChI is InChI=1S/C15H16F2N2O3/c1-9(2)19-14(20)11(8-18)6-10-4-5-12(22-15(16)17)13(7-10)21-3/h4-7,9,15H,1-3H3,(H,19,20)/b11-6+. The van der Waals surface area contributed by atoms with Gasteiger partial charge in [0.25, 0.3) is 5.91 Å². The Morgan fingerprint density at radius 2 is 2.05 bits per heavy atom. The van der Waals surface area contributed by atoms with Gasteiger partial charge in [-0.25, -0.2) is 0 Å². The van der Waals surface area contributed by atoms with Gasteiger partial charge in [-0.1, -0.05) is 6.07 Å². The van der Waals surface area contributed by atoms with E-state index in [9.17, 15) is 13.6 Å². The molecule has 1 amide bonds. The maximum absolute atomic E-state index is 12.2. The molecule has 118 valence electrons. The lowest BCUT2D eigenvalue weighted by atomic mass is 10.1. The Bertz CT molecular complexity index is 607. The molecular weight excluding hydrogens is 294 g/mol. The molecule has 7 heteroatoms. The van der Waals surface area contributed by atoms with Crippen molar-refractivity contribution in [2.75, 3.05) is 7.11 Å². The van der Waals surface area contributed by atoms with E-state index in [4.69, 9.17) is 10.00 Å². The van der Waals surface area contributed by atoms with Gasteiger partial charge in [-0.05, 0) is 37.6 Å². The maximum atomic E-state index is 12.2. The molecule has 1 N–H and O–H groups in total. The van der Waals surface area contributed by atoms with Gasteiger partial charge < -0.3 is 14.8 Å². The quantitative estimate of drug-likeness (QED) is 0.648. The van der Waals surface area contributed by atoms with Crippen LogP contribution in [-0.4, -0.2) is 25.7 Å². The molecule has 0 aromatic heterocycles. The first-order chi connectivity index (χ1) is 10.4. The van der Waals surface area contributed by atoms with E-state index in [1.165, 1.54) is 31.4 Å². The third-order valence-electron chi connectivity index (χ3n) is 2.50. The van der Waals surface area contributed by atoms with Crippen molar-refractivity contribution in [3.05, 3.63) is 29.3 Å². The van der Waals surface area contributed by atoms with E-state index < -0.39 is 12.5 Å². The number of rotatable bonds is 6. The molecule has 22 heavy (non-hydrogen) atoms. The molecule has 0 atom stereocenters. The molecule has 0 saturated heterocycles. The lowest BCUT2D eigenvalue weighted by Gasteiger charge is -2.10. The molecule has 5 nitrogen and oxygen atoms in total. The summed E-state index contributed by atoms with van der Waals surface area (Å²) < 4.78 is 33.7. The fourth-order valence-corrected chi connectivity index (χ4v) is 1.62. The second kappa shape index (κ2) is 7.98. The first kappa shape index (κ1) is 17.4. The summed E-state index contributed by atoms with van der Waals surface area (Å²) in [5, 5.41) is 11.6. The molecule has 1 aromatic carbocycles. The van der Waals surface area contributed by atoms with Crippen LogP contribution >= 0.6 is 0 Å². The number of halogens is 2. The third kappa shape index (κ3) is 5.05. The van der Waals surface area contributed by atoms with Crippen LogP contribution in [0.3, 0.4) is 0 Å². The number of hydrogen-bond donors (Lipinski definition) is 1. The molecule has 0 aliphatic rings. The van der Waals surface area contributed by atoms with Crippen molar-refractivity contribution in [3.8, 4) is 17.6 Å². The summed E-state index contributed by atoms with van der Waals surface area (Å²) in [5.74, 6) is -0.556. The molecule has 0 fully saturated rings. The minimum absolute atomic E-state index is 0.0793. The van der Waals surface area contributed by atoms with Crippen molar-refractivity contribution in [2.45, 2.75) is 26.5 Å². The van der Waals surface area contributed by atoms with Crippen LogP contribution in [0.4, 0.5) is 8.78 Å². The van der Waals surface area contributed by atoms with Crippen LogP contribution in [0.1, 0.15) is 19.4 Å². The van der Waals surface area contributed by atoms with E-state index in [0.717, 1.165) is 0 Å². The van der Waals surface area contributed by atoms with E-state index in [0.29, 0.717) is 5.56 Å². The first-order valence-electron chi connectivity index (χ1n) is 6.43. The molecule has 1 aromatic rings. The zero-order chi connectivity index (χ0) is 16.7. The van der Waals surface area contributed by atoms with Gasteiger partial charge >= 0.3 is 6.61 Å². The minimum atomic E-state index is -2.97. The molecule has 0 aliphatic heterocycles. The smallest absolute Gasteiger partial charge is 0.387 e. The summed E-state index contributed by atoms with van der Waals surface area (Å²) in [7, 11) is 1.30. The molecule has 0 unspecified atom stereocenters. The fourth-order valence-electron chi connectivity index (χ4n) is 1.62. The Hall–Kier alpha value is -2.62. The number of ether oxygens (including phenoxy) is 2. The topological polar surface area (TPSA) is 71.3 Å². The van der Waals surface area contributed by atoms with Crippen LogP contribution in [0.15, 0.2) is 23.8 Å². The number of alkyl halides is 2. The Kier molecular flexibility index (Phi) is 6.32. The van der Waals surface area contributed by atoms with Crippen molar-refractivity contribution >= 4 is 12.0 Å². The van der Waals surface area contributed by atoms with Crippen LogP contribution < -0.4 is 14.8 Å². The van der Waals surface area contributed by atoms with Crippen LogP contribution in [-0.2, 0) is 4.79 Å². The Morgan fingerprint density at radius 3 is 2.55 bits per heavy atom. The van der Waals surface area contributed by atoms with Gasteiger partial charge in [0.2, 0.25) is 0 Å². The van der Waals surface area contributed by atoms with Crippen molar-refractivity contribution in [2.24, 2.45) is 0 Å². The summed E-state index contributed by atoms with van der Waals surface area (Å²) in [6, 6.07) is 5.82. The zero-order valence-corrected chi connectivity index (χ0v) is 12.4. The van der Waals surface area contributed by atoms with Gasteiger partial charge in [-0.15, -0.1) is 0 Å². The van der Waals surface area contributed by atoms with Gasteiger partial charge in [0.05, 0.1) is 7.11 Å². The molecule has 0 bridgehead atoms. The normalized spacial score (nSPS) is 11.3. The molecule has 0 heterocycles. The van der Waals surface area contributed by atoms with E-state index in [1.807, 2.05) is 0 Å². The summed E-state index contributed by atoms with van der Waals surface area (Å²) in [6.45, 7) is 0.570. The predicted molar refractivity (Wildman–Crippen MR) is 76.5 cm³/mol. The van der Waals surface area contributed by atoms with Gasteiger partial charge in [0.1, 0.15) is 11.6 Å². The highest BCUT2D eigenvalue weighted by Crippen LogP contribution is 2.30. The molecule has 0 aliphatic carbocycles. The Labute approximate surface area is 127 Å². The number of methoxy groups -OCH3 is 1. The summed E-state index contributed by atoms with van der Waals surface area (Å²) in [5.41, 5.74) is 0.354. The second-order valence-electron chi connectivity index (χ2n) is 4.59. The lowest BCUT2D eigenvalue weighted by Crippen LogP contribution is -2.30. The average Bonchev–Trinajstić information content (AvgIpc) is 2.44. The first-order valence-corrected chi connectivity index (χ1v) is 6.43. The fraction of sp³-hybridized carbons (Fsp3) is 0.333. The van der Waals surface area contributed by atoms with E-state index in [-0.39, 0.29) is 23.1 Å². The third-order valence-corrected chi connectivity index (χ3v) is 2.50. The van der Waals surface area contributed by atoms with Crippen molar-refractivity contribution in [3.63, 3.8) is 0 Å². The SMILES string of the molecule is COc1cc(/C=C(\C#N)C(=O)NC(C)C)ccc1OC(F)F. The van der Waals surface area contributed by atoms with E-state index in [2.05, 4.69) is 10.1 Å². The average molecular weight is 310 g/mol. The van der Waals surface area contributed by atoms with E-state index in [1.54, 1.807) is 19.9 Å². The highest BCUT2D eigenvalue weighted by molar-refractivity contribution is 6.01. The van der Waals surface area contributed by atoms with Crippen LogP contribution in [0.5, 0.6) is 11.5 Å². The van der Waals surface area contributed by atoms with Crippen molar-refractivity contribution in [1.29, 1.82) is 5.26 Å². The molecule has 0 spiro atoms. The number of nitrogens with one attached hydrogen (secondary N) is 1. The van der Waals surface area contributed by atoms with Crippen molar-refractivity contribution in [1.82, 2.24) is 5.32 Å². The predicted octanol–water partition coefficient (Wildman–Crippen LogP) is 2.73. The van der Waals surface area contributed by atoms with Crippen LogP contribution in [0, 0.1) is 11.3 Å². The minimum Gasteiger partial charge on any atom is -0.493 e. The van der Waals surface area contributed by atoms with Crippen LogP contribution in [0.25, 0.3) is 6.08 Å². The highest BCUT2D eigenvalue weighted by atomic mass is 19.3. The Balaban J connectivity index is 3.08. The number of benzene rings is 1. The maximum Gasteiger partial charge on any atom is 0.387 e. The second-order valence-corrected chi connectivity index (χ2v) is 4.59. The molecular formula is C15H16F2N2O3. The summed E-state index contributed by atoms with van der Waals surface area (Å²) >= 11 is 0. The molecule has 0 saturated carbocycles. The number of carbonyl (C=O) groups is 1. The lowest BCUT2D eigenvalue weighted by molar-refractivity contribution is -0.117. The van der Waals surface area contributed by atoms with E-state index >= 15 is 0 Å². The number of hydrogen-bond acceptors (Lipinski definition) is 4. The molecule has 1 rings (SSSR count). The van der Waals surface area contributed by atoms with Gasteiger partial charge in [-0.3, -0.25) is 4.79 Å². The van der Waals surface area contributed by atoms with Crippen LogP contribution in [0.2, 0.25) is 0 Å². The zero-order valence-electron chi connectivity index (χ0n) is 12.4. The molecule has 0 radical (unpaired) electrons. The van der Waals surface area contributed by atoms with Gasteiger partial charge in [0, 0.05) is 6.04 Å². The van der Waals surface area contributed by atoms with Gasteiger partial charge in [-0.2, -0.15) is 14.0 Å². The number of amides is 1. The number of nitrogens with zero attached hydrogens (tertiary/aromatic N) is 1. The number of carbonyl (C=O) groups excluding carboxylic acids is 1. The monoisotopic (exact) mass is 310 g/mol. The highest BCUT2D eigenvalue weighted by Gasteiger charge is 2.13. The largest absolute Gasteiger partial charge is 0.493 e.